The number of halogens is 8. The van der Waals surface area contributed by atoms with Gasteiger partial charge in [-0.25, -0.2) is 38.1 Å². The van der Waals surface area contributed by atoms with E-state index in [1.807, 2.05) is 42.5 Å². The predicted octanol–water partition coefficient (Wildman–Crippen LogP) is 17.1. The van der Waals surface area contributed by atoms with Gasteiger partial charge >= 0.3 is 0 Å². The fourth-order valence-electron chi connectivity index (χ4n) is 18.2. The largest absolute Gasteiger partial charge is 0.359 e. The molecule has 6 aromatic carbocycles. The number of nitrogens with zero attached hydrogens (tertiary/aromatic N) is 19. The standard InChI is InChI=1S/C30H24ClFN8O.C28H18Cl2FN7O2.C27H17Cl2FN8O2/c1-14-7-18-8-16(3-5-23(18)34-15(14)2)27-29(32)36-30(35-27)28-22-12-21(22)25-9-17(10-26(41)40(25)28)20-11-19(31)4-6-24(20)39-13-33-37-38-39;1-12-15-3-4-16(25(31)27(15)40-35-12)20-10-32-28(33-20)26-19-9-18(19)22-6-13(7-24(39)38(22)26)17-8-14(29)2-5-21(17)37-11-23(30)34-36-37;1-11-13-3-4-14(23(30)25(13)40-35-11)19-9-31-26(32-19)24-15-7-16(15)27-33-18(8-22(39)38(24)27)17-6-12(28)2-5-20(17)37-10-21(29)34-36-37/h3-6,8-11,13-14,21-22,28,34H,2,7,12H2,1H3,(H,35,36);2-8,10-11,18-19,26H,9H2,1H3,(H,32,33);2-6,8-10,15-16,24H,7H2,1H3,(H,31,32). The first kappa shape index (κ1) is 74.1. The first-order chi connectivity index (χ1) is 58.6. The Hall–Kier alpha value is -13.2. The molecular formula is C85H59Cl5F3N23O5. The van der Waals surface area contributed by atoms with Crippen molar-refractivity contribution in [1.29, 1.82) is 0 Å². The van der Waals surface area contributed by atoms with Gasteiger partial charge in [0, 0.05) is 118 Å². The number of nitrogens with one attached hydrogen (secondary N) is 4. The van der Waals surface area contributed by atoms with Crippen molar-refractivity contribution >= 4 is 85.6 Å². The van der Waals surface area contributed by atoms with E-state index in [1.165, 1.54) is 17.1 Å². The smallest absolute Gasteiger partial charge is 0.254 e. The van der Waals surface area contributed by atoms with Gasteiger partial charge in [-0.15, -0.1) is 15.3 Å². The van der Waals surface area contributed by atoms with E-state index < -0.39 is 17.6 Å². The van der Waals surface area contributed by atoms with Crippen molar-refractivity contribution in [1.82, 2.24) is 109 Å². The van der Waals surface area contributed by atoms with E-state index in [1.54, 1.807) is 141 Å². The third kappa shape index (κ3) is 12.4. The Morgan fingerprint density at radius 1 is 0.512 bits per heavy atom. The number of aromatic amines is 3. The van der Waals surface area contributed by atoms with Crippen molar-refractivity contribution in [3.05, 3.63) is 296 Å². The number of pyridine rings is 2. The van der Waals surface area contributed by atoms with Crippen molar-refractivity contribution in [3.8, 4) is 84.3 Å². The Morgan fingerprint density at radius 3 is 1.57 bits per heavy atom. The molecule has 0 bridgehead atoms. The van der Waals surface area contributed by atoms with Crippen LogP contribution in [0.4, 0.5) is 18.9 Å². The van der Waals surface area contributed by atoms with Gasteiger partial charge < -0.3 is 38.4 Å². The minimum Gasteiger partial charge on any atom is -0.359 e. The highest BCUT2D eigenvalue weighted by Crippen LogP contribution is 2.63. The third-order valence-corrected chi connectivity index (χ3v) is 25.3. The molecular weight excluding hydrogens is 1660 g/mol. The van der Waals surface area contributed by atoms with Crippen LogP contribution in [0.15, 0.2) is 194 Å². The molecule has 0 spiro atoms. The van der Waals surface area contributed by atoms with Gasteiger partial charge in [0.1, 0.15) is 35.3 Å². The van der Waals surface area contributed by atoms with Crippen LogP contribution in [0.5, 0.6) is 0 Å². The highest BCUT2D eigenvalue weighted by molar-refractivity contribution is 6.32. The molecule has 15 heterocycles. The number of benzene rings is 6. The Labute approximate surface area is 704 Å². The first-order valence-corrected chi connectivity index (χ1v) is 40.5. The number of allylic oxidation sites excluding steroid dienone is 1. The fourth-order valence-corrected chi connectivity index (χ4v) is 19.0. The highest BCUT2D eigenvalue weighted by atomic mass is 35.5. The molecule has 0 amide bonds. The molecule has 24 rings (SSSR count). The summed E-state index contributed by atoms with van der Waals surface area (Å²) in [6, 6.07) is 36.5. The summed E-state index contributed by atoms with van der Waals surface area (Å²) in [5.41, 5.74) is 14.5. The zero-order valence-electron chi connectivity index (χ0n) is 63.4. The number of aryl methyl sites for hydroxylation is 2. The van der Waals surface area contributed by atoms with Crippen LogP contribution in [0, 0.1) is 55.1 Å². The van der Waals surface area contributed by atoms with Gasteiger partial charge in [0.15, 0.2) is 21.9 Å². The molecule has 3 fully saturated rings. The summed E-state index contributed by atoms with van der Waals surface area (Å²) in [5, 5.41) is 41.7. The first-order valence-electron chi connectivity index (χ1n) is 38.6. The van der Waals surface area contributed by atoms with Gasteiger partial charge in [0.05, 0.1) is 88.4 Å². The van der Waals surface area contributed by atoms with Gasteiger partial charge in [0.2, 0.25) is 17.1 Å². The average Bonchev–Trinajstić information content (AvgIpc) is 1.55. The second-order valence-corrected chi connectivity index (χ2v) is 33.5. The normalized spacial score (nSPS) is 20.2. The second kappa shape index (κ2) is 28.0. The van der Waals surface area contributed by atoms with E-state index in [0.717, 1.165) is 76.3 Å². The number of aromatic nitrogens is 22. The summed E-state index contributed by atoms with van der Waals surface area (Å²) in [7, 11) is 0. The van der Waals surface area contributed by atoms with Crippen LogP contribution in [-0.2, 0) is 6.42 Å². The van der Waals surface area contributed by atoms with Crippen LogP contribution in [0.2, 0.25) is 25.4 Å². The third-order valence-electron chi connectivity index (χ3n) is 24.2. The minimum absolute atomic E-state index is 0.0983. The molecule has 28 nitrogen and oxygen atoms in total. The Bertz CT molecular complexity index is 7150. The van der Waals surface area contributed by atoms with E-state index in [0.29, 0.717) is 117 Å². The summed E-state index contributed by atoms with van der Waals surface area (Å²) in [6.07, 6.45) is 11.4. The molecule has 10 unspecified atom stereocenters. The van der Waals surface area contributed by atoms with Crippen molar-refractivity contribution in [2.24, 2.45) is 23.7 Å². The van der Waals surface area contributed by atoms with Crippen LogP contribution in [-0.4, -0.2) is 109 Å². The molecule has 36 heteroatoms. The lowest BCUT2D eigenvalue weighted by molar-refractivity contribution is 0.435. The number of tetrazole rings is 1. The van der Waals surface area contributed by atoms with Gasteiger partial charge in [-0.3, -0.25) is 19.0 Å². The molecule has 0 radical (unpaired) electrons. The van der Waals surface area contributed by atoms with E-state index in [2.05, 4.69) is 90.2 Å². The SMILES string of the molecule is C=C1Nc2ccc(-c3nc(C4C5CC5c5cc(-c6cc(Cl)ccc6-n6cnnn6)cc(=O)n54)[nH]c3F)cc2CC1C.Cc1noc2c(F)c(-c3cnc(C4C5CC5c5cc(-c6cc(Cl)ccc6-n6cc(Cl)nn6)cc(=O)n54)[nH]3)ccc12.Cc1noc2c(F)c(-c3cnc(C4C5CC5c5nc(-c6cc(Cl)ccc6-n6cc(Cl)nn6)cc(=O)n54)[nH]3)ccc12. The molecule has 121 heavy (non-hydrogen) atoms. The Balaban J connectivity index is 0.000000109. The van der Waals surface area contributed by atoms with E-state index >= 15 is 13.2 Å². The highest BCUT2D eigenvalue weighted by Gasteiger charge is 2.57. The molecule has 0 saturated heterocycles. The Kier molecular flexibility index (Phi) is 17.1. The van der Waals surface area contributed by atoms with Crippen LogP contribution in [0.1, 0.15) is 114 Å². The maximum absolute atomic E-state index is 15.4. The Morgan fingerprint density at radius 2 is 1.02 bits per heavy atom. The number of anilines is 1. The second-order valence-electron chi connectivity index (χ2n) is 31.4. The average molecular weight is 1720 g/mol. The van der Waals surface area contributed by atoms with Crippen LogP contribution in [0.3, 0.4) is 0 Å². The molecule has 7 aliphatic rings. The molecule has 17 aromatic rings. The van der Waals surface area contributed by atoms with E-state index in [9.17, 15) is 14.4 Å². The fraction of sp³-hybridized carbons (Fsp3) is 0.200. The van der Waals surface area contributed by atoms with Crippen molar-refractivity contribution in [3.63, 3.8) is 0 Å². The molecule has 4 N–H and O–H groups in total. The minimum atomic E-state index is -0.515. The maximum Gasteiger partial charge on any atom is 0.254 e. The number of imidazole rings is 3. The lowest BCUT2D eigenvalue weighted by atomic mass is 9.91. The molecule has 4 aliphatic heterocycles. The van der Waals surface area contributed by atoms with Gasteiger partial charge in [-0.1, -0.05) is 98.3 Å². The summed E-state index contributed by atoms with van der Waals surface area (Å²) < 4.78 is 66.1. The van der Waals surface area contributed by atoms with Gasteiger partial charge in [0.25, 0.3) is 16.7 Å². The quantitative estimate of drug-likeness (QED) is 0.0883. The monoisotopic (exact) mass is 1710 g/mol. The molecule has 3 aliphatic carbocycles. The zero-order valence-corrected chi connectivity index (χ0v) is 67.2. The predicted molar refractivity (Wildman–Crippen MR) is 443 cm³/mol. The van der Waals surface area contributed by atoms with Crippen LogP contribution in [0.25, 0.3) is 106 Å². The number of fused-ring (bicyclic) bond motifs is 12. The lowest BCUT2D eigenvalue weighted by Crippen LogP contribution is -2.27. The molecule has 600 valence electrons. The summed E-state index contributed by atoms with van der Waals surface area (Å²) in [5.74, 6) is 2.20. The van der Waals surface area contributed by atoms with Crippen LogP contribution < -0.4 is 22.0 Å². The maximum atomic E-state index is 15.4. The van der Waals surface area contributed by atoms with Gasteiger partial charge in [-0.05, 0) is 193 Å². The van der Waals surface area contributed by atoms with Crippen molar-refractivity contribution < 1.29 is 22.2 Å². The summed E-state index contributed by atoms with van der Waals surface area (Å²) in [6.45, 7) is 9.73. The molecule has 11 aromatic heterocycles. The van der Waals surface area contributed by atoms with E-state index in [-0.39, 0.29) is 103 Å². The molecule has 10 atom stereocenters. The van der Waals surface area contributed by atoms with Gasteiger partial charge in [-0.2, -0.15) is 9.07 Å². The number of hydrogen-bond donors (Lipinski definition) is 4. The van der Waals surface area contributed by atoms with Crippen LogP contribution >= 0.6 is 58.0 Å². The number of H-pyrrole nitrogens is 3. The number of rotatable bonds is 12. The molecule has 3 saturated carbocycles. The summed E-state index contributed by atoms with van der Waals surface area (Å²) >= 11 is 31.0. The van der Waals surface area contributed by atoms with Crippen molar-refractivity contribution in [2.75, 3.05) is 5.32 Å². The lowest BCUT2D eigenvalue weighted by Gasteiger charge is -2.26. The summed E-state index contributed by atoms with van der Waals surface area (Å²) in [4.78, 5) is 69.1. The zero-order chi connectivity index (χ0) is 82.6. The van der Waals surface area contributed by atoms with E-state index in [4.69, 9.17) is 77.0 Å². The van der Waals surface area contributed by atoms with Crippen molar-refractivity contribution in [2.45, 2.75) is 82.3 Å². The topological polar surface area (TPSA) is 334 Å². The number of hydrogen-bond acceptors (Lipinski definition) is 19.